The number of nitrogens with one attached hydrogen (secondary N) is 1. The average Bonchev–Trinajstić information content (AvgIpc) is 1.63. The molecular weight excluding hydrogens is 1170 g/mol. The van der Waals surface area contributed by atoms with E-state index in [-0.39, 0.29) is 128 Å². The van der Waals surface area contributed by atoms with Crippen LogP contribution in [-0.4, -0.2) is 330 Å². The Bertz CT molecular complexity index is 2610. The van der Waals surface area contributed by atoms with Gasteiger partial charge < -0.3 is 90.4 Å². The van der Waals surface area contributed by atoms with Gasteiger partial charge in [0.05, 0.1) is 37.5 Å². The van der Waals surface area contributed by atoms with Crippen molar-refractivity contribution in [1.82, 2.24) is 49.4 Å². The first kappa shape index (κ1) is 68.9. The van der Waals surface area contributed by atoms with Crippen molar-refractivity contribution in [2.24, 2.45) is 11.7 Å². The maximum Gasteiger partial charge on any atom is 0.251 e. The van der Waals surface area contributed by atoms with Crippen LogP contribution in [0.5, 0.6) is 0 Å². The van der Waals surface area contributed by atoms with E-state index in [1.165, 1.54) is 29.4 Å². The minimum atomic E-state index is -2.26. The fourth-order valence-electron chi connectivity index (χ4n) is 15.7. The van der Waals surface area contributed by atoms with Gasteiger partial charge in [-0.1, -0.05) is 13.8 Å². The van der Waals surface area contributed by atoms with Gasteiger partial charge in [-0.25, -0.2) is 0 Å². The highest BCUT2D eigenvalue weighted by Crippen LogP contribution is 2.37. The summed E-state index contributed by atoms with van der Waals surface area (Å²) in [5.74, 6) is -5.26. The monoisotopic (exact) mass is 1270 g/mol. The first-order chi connectivity index (χ1) is 43.3. The van der Waals surface area contributed by atoms with Crippen LogP contribution in [-0.2, 0) is 57.4 Å². The van der Waals surface area contributed by atoms with Gasteiger partial charge in [0.25, 0.3) is 5.91 Å². The molecule has 9 heterocycles. The number of likely N-dealkylation sites (tertiary alicyclic amines) is 9. The molecule has 0 aromatic rings. The molecule has 9 aliphatic rings. The fraction of sp³-hybridized carbons (Fsp3) is 0.836. The fourth-order valence-corrected chi connectivity index (χ4v) is 15.7. The summed E-state index contributed by atoms with van der Waals surface area (Å²) in [6, 6.07) is -8.13. The zero-order valence-electron chi connectivity index (χ0n) is 52.3. The van der Waals surface area contributed by atoms with E-state index in [4.69, 9.17) is 15.2 Å². The molecule has 0 aromatic heterocycles. The standard InChI is InChI=1S/C61H97N11O18/c1-3-48(75)39-12-5-19-65(39)54(81)40-13-7-24-70(40)61(88)47-30-38(90-27-18-62)34-72(47)58(85)44-17-10-21-67(44)56(83)42-15-8-23-69(42)60(87)46-28-36(31-63-53(80)52(79)51(78)50(77)49(76)35-74)32-71(46)57(84)43-16-9-20-66(43)55(82)41-14-6-22-68(41)59(86)45-29-37(33-64(45)4-2)89-26-11-25-73/h36-47,49-52,73-74,76-79H,3-35,62H2,1-2H3,(H,63,80)/t36-,37+,38+,39?,40-,41-,42-,43?,44-,45-,46-,47?,49+,50+,51-,52+/m0/s1. The second-order valence-electron chi connectivity index (χ2n) is 25.9. The van der Waals surface area contributed by atoms with Crippen LogP contribution in [0, 0.1) is 5.92 Å². The van der Waals surface area contributed by atoms with Gasteiger partial charge in [0.15, 0.2) is 11.9 Å². The molecule has 0 aliphatic carbocycles. The summed E-state index contributed by atoms with van der Waals surface area (Å²) in [4.78, 5) is 159. The summed E-state index contributed by atoms with van der Waals surface area (Å²) in [6.07, 6.45) is -2.88. The molecule has 29 heteroatoms. The molecule has 9 saturated heterocycles. The summed E-state index contributed by atoms with van der Waals surface area (Å²) in [6.45, 7) is 5.67. The summed E-state index contributed by atoms with van der Waals surface area (Å²) in [5.41, 5.74) is 5.82. The minimum Gasteiger partial charge on any atom is -0.396 e. The number of rotatable bonds is 25. The molecule has 0 bridgehead atoms. The Kier molecular flexibility index (Phi) is 23.7. The average molecular weight is 1270 g/mol. The highest BCUT2D eigenvalue weighted by Gasteiger charge is 2.54. The SMILES string of the molecule is CCC(=O)C1CCCN1C(=O)[C@@H]1CCCN1C(=O)C1C[C@@H](OCCN)CN1C(=O)[C@@H]1CCCN1C(=O)[C@@H]1CCCN1C(=O)[C@@H]1C[C@@H](CNC(=O)[C@H](O)[C@@H](O)[C@H](O)[C@H](O)CO)CN1C(=O)C1CCCN1C(=O)[C@@H]1CCCN1C(=O)[C@@H]1C[C@@H](OCCCO)CN1CC. The van der Waals surface area contributed by atoms with Crippen LogP contribution in [0.25, 0.3) is 0 Å². The third-order valence-electron chi connectivity index (χ3n) is 20.4. The van der Waals surface area contributed by atoms with Crippen molar-refractivity contribution in [3.8, 4) is 0 Å². The summed E-state index contributed by atoms with van der Waals surface area (Å²) in [7, 11) is 0. The van der Waals surface area contributed by atoms with Gasteiger partial charge in [0.2, 0.25) is 47.3 Å². The van der Waals surface area contributed by atoms with Gasteiger partial charge in [-0.15, -0.1) is 0 Å². The molecule has 0 radical (unpaired) electrons. The number of aliphatic hydroxyl groups is 6. The quantitative estimate of drug-likeness (QED) is 0.0399. The van der Waals surface area contributed by atoms with Crippen LogP contribution in [0.4, 0.5) is 0 Å². The predicted octanol–water partition coefficient (Wildman–Crippen LogP) is -4.51. The Balaban J connectivity index is 0.916. The van der Waals surface area contributed by atoms with E-state index in [9.17, 15) is 59.4 Å². The van der Waals surface area contributed by atoms with E-state index < -0.39 is 139 Å². The minimum absolute atomic E-state index is 0.0221. The lowest BCUT2D eigenvalue weighted by Gasteiger charge is -2.37. The topological polar surface area (TPSA) is 378 Å². The van der Waals surface area contributed by atoms with Crippen LogP contribution in [0.3, 0.4) is 0 Å². The van der Waals surface area contributed by atoms with Crippen molar-refractivity contribution in [2.45, 2.75) is 214 Å². The first-order valence-electron chi connectivity index (χ1n) is 33.1. The van der Waals surface area contributed by atoms with E-state index in [0.717, 1.165) is 0 Å². The number of aliphatic hydroxyl groups excluding tert-OH is 6. The number of Topliss-reactive ketones (excluding diaryl/α,β-unsaturated/α-hetero) is 1. The number of amides is 9. The van der Waals surface area contributed by atoms with Gasteiger partial charge in [-0.2, -0.15) is 0 Å². The summed E-state index contributed by atoms with van der Waals surface area (Å²) < 4.78 is 12.0. The predicted molar refractivity (Wildman–Crippen MR) is 317 cm³/mol. The molecule has 0 saturated carbocycles. The number of carbonyl (C=O) groups is 10. The lowest BCUT2D eigenvalue weighted by atomic mass is 10.0. The Morgan fingerprint density at radius 1 is 0.478 bits per heavy atom. The van der Waals surface area contributed by atoms with Crippen molar-refractivity contribution < 1.29 is 88.1 Å². The second-order valence-corrected chi connectivity index (χ2v) is 25.9. The van der Waals surface area contributed by atoms with Gasteiger partial charge >= 0.3 is 0 Å². The van der Waals surface area contributed by atoms with Crippen molar-refractivity contribution >= 4 is 58.9 Å². The van der Waals surface area contributed by atoms with Crippen LogP contribution in [0.2, 0.25) is 0 Å². The smallest absolute Gasteiger partial charge is 0.251 e. The number of nitrogens with zero attached hydrogens (tertiary/aromatic N) is 9. The lowest BCUT2D eigenvalue weighted by molar-refractivity contribution is -0.155. The van der Waals surface area contributed by atoms with E-state index in [1.807, 2.05) is 11.8 Å². The molecular formula is C61H97N11O18. The number of nitrogens with two attached hydrogens (primary N) is 1. The molecule has 0 spiro atoms. The lowest BCUT2D eigenvalue weighted by Crippen LogP contribution is -2.59. The summed E-state index contributed by atoms with van der Waals surface area (Å²) >= 11 is 0. The van der Waals surface area contributed by atoms with E-state index in [1.54, 1.807) is 16.7 Å². The molecule has 9 amide bonds. The zero-order chi connectivity index (χ0) is 64.7. The molecule has 16 atom stereocenters. The van der Waals surface area contributed by atoms with Crippen LogP contribution in [0.15, 0.2) is 0 Å². The van der Waals surface area contributed by atoms with Crippen molar-refractivity contribution in [2.75, 3.05) is 105 Å². The normalized spacial score (nSPS) is 31.1. The van der Waals surface area contributed by atoms with Gasteiger partial charge in [-0.3, -0.25) is 52.8 Å². The van der Waals surface area contributed by atoms with Gasteiger partial charge in [0.1, 0.15) is 60.6 Å². The number of hydrogen-bond acceptors (Lipinski definition) is 20. The molecule has 504 valence electrons. The third kappa shape index (κ3) is 14.5. The molecule has 9 rings (SSSR count). The number of hydrogen-bond donors (Lipinski definition) is 8. The Hall–Kier alpha value is -5.50. The van der Waals surface area contributed by atoms with Crippen molar-refractivity contribution in [3.05, 3.63) is 0 Å². The van der Waals surface area contributed by atoms with Gasteiger partial charge in [-0.05, 0) is 109 Å². The largest absolute Gasteiger partial charge is 0.396 e. The van der Waals surface area contributed by atoms with Crippen molar-refractivity contribution in [3.63, 3.8) is 0 Å². The van der Waals surface area contributed by atoms with Crippen LogP contribution in [0.1, 0.15) is 123 Å². The molecule has 0 aromatic carbocycles. The second kappa shape index (κ2) is 31.0. The van der Waals surface area contributed by atoms with E-state index >= 15 is 19.2 Å². The van der Waals surface area contributed by atoms with Gasteiger partial charge in [0, 0.05) is 98.0 Å². The highest BCUT2D eigenvalue weighted by atomic mass is 16.5. The third-order valence-corrected chi connectivity index (χ3v) is 20.4. The molecule has 29 nitrogen and oxygen atoms in total. The van der Waals surface area contributed by atoms with Crippen LogP contribution >= 0.6 is 0 Å². The molecule has 90 heavy (non-hydrogen) atoms. The molecule has 9 fully saturated rings. The summed E-state index contributed by atoms with van der Waals surface area (Å²) in [5, 5.41) is 62.4. The maximum atomic E-state index is 15.4. The molecule has 9 aliphatic heterocycles. The Morgan fingerprint density at radius 3 is 1.31 bits per heavy atom. The molecule has 9 N–H and O–H groups in total. The van der Waals surface area contributed by atoms with E-state index in [2.05, 4.69) is 5.32 Å². The van der Waals surface area contributed by atoms with Crippen LogP contribution < -0.4 is 11.1 Å². The maximum absolute atomic E-state index is 15.4. The van der Waals surface area contributed by atoms with E-state index in [0.29, 0.717) is 103 Å². The van der Waals surface area contributed by atoms with Crippen molar-refractivity contribution in [1.29, 1.82) is 0 Å². The number of ketones is 1. The highest BCUT2D eigenvalue weighted by molar-refractivity contribution is 6.00. The first-order valence-corrected chi connectivity index (χ1v) is 33.1. The Morgan fingerprint density at radius 2 is 0.867 bits per heavy atom. The number of ether oxygens (including phenoxy) is 2. The molecule has 3 unspecified atom stereocenters. The zero-order valence-corrected chi connectivity index (χ0v) is 52.3. The Labute approximate surface area is 525 Å². The number of carbonyl (C=O) groups excluding carboxylic acids is 10. The number of likely N-dealkylation sites (N-methyl/N-ethyl adjacent to an activating group) is 1.